The van der Waals surface area contributed by atoms with Gasteiger partial charge in [0.1, 0.15) is 6.04 Å². The van der Waals surface area contributed by atoms with Crippen LogP contribution in [0.5, 0.6) is 0 Å². The minimum absolute atomic E-state index is 0.0500. The molecule has 1 aromatic heterocycles. The minimum atomic E-state index is -0.791. The average molecular weight is 650 g/mol. The molecule has 2 fully saturated rings. The lowest BCUT2D eigenvalue weighted by molar-refractivity contribution is -0.130. The van der Waals surface area contributed by atoms with Crippen molar-refractivity contribution in [2.75, 3.05) is 45.1 Å². The number of nitrogens with one attached hydrogen (secondary N) is 3. The summed E-state index contributed by atoms with van der Waals surface area (Å²) in [6.07, 6.45) is 3.68. The van der Waals surface area contributed by atoms with Gasteiger partial charge in [-0.2, -0.15) is 5.21 Å². The largest absolute Gasteiger partial charge is 0.344 e. The molecular formula is C36H43N9O3. The first-order valence-corrected chi connectivity index (χ1v) is 16.7. The Morgan fingerprint density at radius 3 is 2.27 bits per heavy atom. The predicted molar refractivity (Wildman–Crippen MR) is 184 cm³/mol. The van der Waals surface area contributed by atoms with Crippen LogP contribution >= 0.6 is 0 Å². The molecule has 1 unspecified atom stereocenters. The van der Waals surface area contributed by atoms with Gasteiger partial charge in [-0.25, -0.2) is 0 Å². The summed E-state index contributed by atoms with van der Waals surface area (Å²) in [5.41, 5.74) is 10.7. The van der Waals surface area contributed by atoms with Gasteiger partial charge in [-0.1, -0.05) is 36.4 Å². The first-order valence-electron chi connectivity index (χ1n) is 16.7. The highest BCUT2D eigenvalue weighted by atomic mass is 16.2. The van der Waals surface area contributed by atoms with E-state index in [1.54, 1.807) is 24.3 Å². The van der Waals surface area contributed by atoms with Crippen LogP contribution in [0.15, 0.2) is 72.8 Å². The fourth-order valence-electron chi connectivity index (χ4n) is 6.49. The highest BCUT2D eigenvalue weighted by Gasteiger charge is 2.29. The van der Waals surface area contributed by atoms with Crippen molar-refractivity contribution in [1.82, 2.24) is 35.7 Å². The van der Waals surface area contributed by atoms with E-state index in [1.165, 1.54) is 0 Å². The Labute approximate surface area is 280 Å². The van der Waals surface area contributed by atoms with E-state index in [0.29, 0.717) is 36.0 Å². The highest BCUT2D eigenvalue weighted by molar-refractivity contribution is 5.98. The molecule has 0 bridgehead atoms. The summed E-state index contributed by atoms with van der Waals surface area (Å²) in [6, 6.07) is 22.0. The Balaban J connectivity index is 1.16. The number of nitrogens with zero attached hydrogens (tertiary/aromatic N) is 5. The number of nitrogens with two attached hydrogens (primary N) is 1. The number of hydrogen-bond donors (Lipinski definition) is 4. The number of carbonyl (C=O) groups excluding carboxylic acids is 3. The first-order chi connectivity index (χ1) is 23.4. The number of H-pyrrole nitrogens is 1. The van der Waals surface area contributed by atoms with E-state index in [4.69, 9.17) is 5.73 Å². The lowest BCUT2D eigenvalue weighted by Gasteiger charge is -2.32. The third-order valence-electron chi connectivity index (χ3n) is 9.56. The molecule has 1 atom stereocenters. The number of aromatic amines is 1. The predicted octanol–water partition coefficient (Wildman–Crippen LogP) is 3.35. The van der Waals surface area contributed by atoms with E-state index < -0.39 is 6.04 Å². The van der Waals surface area contributed by atoms with Crippen molar-refractivity contribution in [3.05, 3.63) is 83.9 Å². The van der Waals surface area contributed by atoms with Gasteiger partial charge in [-0.3, -0.25) is 14.4 Å². The number of tetrazole rings is 1. The van der Waals surface area contributed by atoms with Gasteiger partial charge < -0.3 is 26.2 Å². The van der Waals surface area contributed by atoms with Crippen molar-refractivity contribution in [3.8, 4) is 22.5 Å². The van der Waals surface area contributed by atoms with Gasteiger partial charge in [0.2, 0.25) is 17.6 Å². The molecule has 12 nitrogen and oxygen atoms in total. The van der Waals surface area contributed by atoms with Gasteiger partial charge >= 0.3 is 0 Å². The van der Waals surface area contributed by atoms with Gasteiger partial charge in [0.15, 0.2) is 0 Å². The smallest absolute Gasteiger partial charge is 0.253 e. The average Bonchev–Trinajstić information content (AvgIpc) is 3.67. The van der Waals surface area contributed by atoms with Crippen molar-refractivity contribution in [1.29, 1.82) is 0 Å². The second kappa shape index (κ2) is 15.3. The van der Waals surface area contributed by atoms with Gasteiger partial charge in [0.05, 0.1) is 0 Å². The number of aromatic nitrogens is 4. The Kier molecular flexibility index (Phi) is 10.5. The van der Waals surface area contributed by atoms with E-state index in [2.05, 4.69) is 43.2 Å². The Morgan fingerprint density at radius 1 is 0.896 bits per heavy atom. The van der Waals surface area contributed by atoms with Crippen LogP contribution in [-0.4, -0.2) is 94.0 Å². The molecule has 6 rings (SSSR count). The Hall–Kier alpha value is -4.94. The monoisotopic (exact) mass is 649 g/mol. The van der Waals surface area contributed by atoms with Crippen molar-refractivity contribution in [2.24, 2.45) is 17.6 Å². The summed E-state index contributed by atoms with van der Waals surface area (Å²) in [7, 11) is 2.07. The molecule has 1 saturated heterocycles. The summed E-state index contributed by atoms with van der Waals surface area (Å²) in [5, 5.41) is 20.1. The van der Waals surface area contributed by atoms with Crippen LogP contribution in [0, 0.1) is 11.8 Å². The van der Waals surface area contributed by atoms with Gasteiger partial charge in [0.25, 0.3) is 5.91 Å². The fourth-order valence-corrected chi connectivity index (χ4v) is 6.49. The van der Waals surface area contributed by atoms with Gasteiger partial charge in [-0.15, -0.1) is 10.2 Å². The van der Waals surface area contributed by atoms with Crippen molar-refractivity contribution in [2.45, 2.75) is 38.1 Å². The molecule has 1 saturated carbocycles. The summed E-state index contributed by atoms with van der Waals surface area (Å²) < 4.78 is 0. The quantitative estimate of drug-likeness (QED) is 0.203. The maximum absolute atomic E-state index is 13.7. The maximum Gasteiger partial charge on any atom is 0.253 e. The summed E-state index contributed by atoms with van der Waals surface area (Å²) in [5.74, 6) is 0.409. The van der Waals surface area contributed by atoms with Crippen molar-refractivity contribution in [3.63, 3.8) is 0 Å². The molecule has 0 radical (unpaired) electrons. The molecule has 3 amide bonds. The molecule has 48 heavy (non-hydrogen) atoms. The second-order valence-electron chi connectivity index (χ2n) is 12.9. The molecule has 4 aromatic rings. The van der Waals surface area contributed by atoms with E-state index in [-0.39, 0.29) is 23.6 Å². The van der Waals surface area contributed by atoms with Crippen LogP contribution in [-0.2, 0) is 16.0 Å². The van der Waals surface area contributed by atoms with E-state index in [0.717, 1.165) is 74.1 Å². The molecule has 2 aliphatic rings. The van der Waals surface area contributed by atoms with Crippen LogP contribution in [0.1, 0.15) is 41.6 Å². The zero-order chi connectivity index (χ0) is 33.5. The number of rotatable bonds is 10. The van der Waals surface area contributed by atoms with Crippen LogP contribution < -0.4 is 16.4 Å². The van der Waals surface area contributed by atoms with Crippen molar-refractivity contribution >= 4 is 23.4 Å². The first kappa shape index (κ1) is 33.0. The van der Waals surface area contributed by atoms with Gasteiger partial charge in [0, 0.05) is 55.3 Å². The van der Waals surface area contributed by atoms with Crippen LogP contribution in [0.3, 0.4) is 0 Å². The highest BCUT2D eigenvalue weighted by Crippen LogP contribution is 2.29. The number of piperazine rings is 1. The normalized spacial score (nSPS) is 19.0. The number of hydrogen-bond acceptors (Lipinski definition) is 8. The van der Waals surface area contributed by atoms with Crippen LogP contribution in [0.25, 0.3) is 22.5 Å². The molecule has 12 heteroatoms. The topological polar surface area (TPSA) is 162 Å². The van der Waals surface area contributed by atoms with E-state index in [9.17, 15) is 14.4 Å². The molecule has 2 heterocycles. The van der Waals surface area contributed by atoms with E-state index in [1.807, 2.05) is 53.4 Å². The number of anilines is 1. The third-order valence-corrected chi connectivity index (χ3v) is 9.56. The Morgan fingerprint density at radius 2 is 1.60 bits per heavy atom. The standard InChI is InChI=1S/C36H43N9O3/c1-44-17-19-45(20-18-44)36(48)29-11-9-26(10-12-29)30-4-2-3-25(21-30)22-32(39-34(46)28-7-5-24(23-37)6-8-28)35(47)38-31-15-13-27(14-16-31)33-40-42-43-41-33/h2-4,9-16,21,24,28,32H,5-8,17-20,22-23,37H2,1H3,(H,38,47)(H,39,46)(H,40,41,42,43). The number of likely N-dealkylation sites (N-methyl/N-ethyl adjacent to an activating group) is 1. The zero-order valence-electron chi connectivity index (χ0n) is 27.3. The van der Waals surface area contributed by atoms with Gasteiger partial charge in [-0.05, 0) is 103 Å². The van der Waals surface area contributed by atoms with Crippen LogP contribution in [0.4, 0.5) is 5.69 Å². The lowest BCUT2D eigenvalue weighted by Crippen LogP contribution is -2.48. The molecule has 5 N–H and O–H groups in total. The summed E-state index contributed by atoms with van der Waals surface area (Å²) in [6.45, 7) is 3.84. The number of amides is 3. The van der Waals surface area contributed by atoms with Crippen LogP contribution in [0.2, 0.25) is 0 Å². The molecule has 1 aliphatic carbocycles. The SMILES string of the molecule is CN1CCN(C(=O)c2ccc(-c3cccc(CC(NC(=O)C4CCC(CN)CC4)C(=O)Nc4ccc(-c5nn[nH]n5)cc4)c3)cc2)CC1. The number of carbonyl (C=O) groups is 3. The Bertz CT molecular complexity index is 1680. The molecule has 0 spiro atoms. The van der Waals surface area contributed by atoms with Crippen molar-refractivity contribution < 1.29 is 14.4 Å². The lowest BCUT2D eigenvalue weighted by atomic mass is 9.81. The molecular weight excluding hydrogens is 606 g/mol. The molecule has 1 aliphatic heterocycles. The third kappa shape index (κ3) is 8.12. The molecule has 250 valence electrons. The summed E-state index contributed by atoms with van der Waals surface area (Å²) in [4.78, 5) is 44.4. The minimum Gasteiger partial charge on any atom is -0.344 e. The fraction of sp³-hybridized carbons (Fsp3) is 0.389. The summed E-state index contributed by atoms with van der Waals surface area (Å²) >= 11 is 0. The number of benzene rings is 3. The second-order valence-corrected chi connectivity index (χ2v) is 12.9. The van der Waals surface area contributed by atoms with E-state index >= 15 is 0 Å². The zero-order valence-corrected chi connectivity index (χ0v) is 27.3. The maximum atomic E-state index is 13.7. The molecule has 3 aromatic carbocycles.